The van der Waals surface area contributed by atoms with Crippen LogP contribution in [0.4, 0.5) is 0 Å². The maximum absolute atomic E-state index is 5.45. The minimum atomic E-state index is 0.0995. The van der Waals surface area contributed by atoms with Crippen molar-refractivity contribution in [2.24, 2.45) is 0 Å². The van der Waals surface area contributed by atoms with Crippen molar-refractivity contribution < 1.29 is 9.47 Å². The van der Waals surface area contributed by atoms with Crippen molar-refractivity contribution in [3.8, 4) is 11.5 Å². The number of halogens is 1. The molecule has 2 atom stereocenters. The number of pyridine rings is 1. The fourth-order valence-electron chi connectivity index (χ4n) is 2.12. The highest BCUT2D eigenvalue weighted by Crippen LogP contribution is 2.42. The largest absolute Gasteiger partial charge is 0.497 e. The molecule has 3 nitrogen and oxygen atoms in total. The van der Waals surface area contributed by atoms with Crippen molar-refractivity contribution >= 4 is 15.9 Å². The zero-order valence-corrected chi connectivity index (χ0v) is 13.4. The molecule has 1 aromatic heterocycles. The van der Waals surface area contributed by atoms with Crippen molar-refractivity contribution in [3.63, 3.8) is 0 Å². The van der Waals surface area contributed by atoms with Gasteiger partial charge in [-0.2, -0.15) is 0 Å². The summed E-state index contributed by atoms with van der Waals surface area (Å²) in [6.07, 6.45) is 1.81. The van der Waals surface area contributed by atoms with Crippen LogP contribution in [0.5, 0.6) is 11.5 Å². The summed E-state index contributed by atoms with van der Waals surface area (Å²) in [4.78, 5) is 4.52. The minimum Gasteiger partial charge on any atom is -0.497 e. The zero-order valence-electron chi connectivity index (χ0n) is 11.8. The van der Waals surface area contributed by atoms with E-state index in [0.29, 0.717) is 0 Å². The van der Waals surface area contributed by atoms with Crippen LogP contribution in [0.25, 0.3) is 0 Å². The number of benzene rings is 1. The van der Waals surface area contributed by atoms with E-state index < -0.39 is 0 Å². The number of nitrogens with zero attached hydrogens (tertiary/aromatic N) is 1. The first-order chi connectivity index (χ1) is 9.67. The van der Waals surface area contributed by atoms with Crippen molar-refractivity contribution in [2.45, 2.75) is 17.7 Å². The summed E-state index contributed by atoms with van der Waals surface area (Å²) in [7, 11) is 3.34. The molecule has 0 bridgehead atoms. The summed E-state index contributed by atoms with van der Waals surface area (Å²) in [6.45, 7) is 2.14. The van der Waals surface area contributed by atoms with E-state index in [1.165, 1.54) is 0 Å². The molecule has 0 saturated carbocycles. The van der Waals surface area contributed by atoms with Gasteiger partial charge < -0.3 is 9.47 Å². The number of hydrogen-bond donors (Lipinski definition) is 0. The average Bonchev–Trinajstić information content (AvgIpc) is 2.53. The Balaban J connectivity index is 2.34. The quantitative estimate of drug-likeness (QED) is 0.761. The van der Waals surface area contributed by atoms with Gasteiger partial charge in [-0.3, -0.25) is 4.98 Å². The fraction of sp³-hybridized carbons (Fsp3) is 0.312. The first kappa shape index (κ1) is 14.9. The number of rotatable bonds is 5. The Morgan fingerprint density at radius 3 is 2.50 bits per heavy atom. The molecule has 0 spiro atoms. The van der Waals surface area contributed by atoms with E-state index in [1.807, 2.05) is 42.6 Å². The van der Waals surface area contributed by atoms with Gasteiger partial charge in [-0.05, 0) is 30.3 Å². The second-order valence-electron chi connectivity index (χ2n) is 4.55. The molecule has 0 amide bonds. The fourth-order valence-corrected chi connectivity index (χ4v) is 2.75. The first-order valence-corrected chi connectivity index (χ1v) is 7.36. The molecule has 106 valence electrons. The highest BCUT2D eigenvalue weighted by atomic mass is 79.9. The number of ether oxygens (including phenoxy) is 2. The molecule has 1 heterocycles. The third-order valence-corrected chi connectivity index (χ3v) is 4.61. The summed E-state index contributed by atoms with van der Waals surface area (Å²) in [5.74, 6) is 1.88. The Morgan fingerprint density at radius 2 is 1.90 bits per heavy atom. The van der Waals surface area contributed by atoms with E-state index in [1.54, 1.807) is 14.2 Å². The highest BCUT2D eigenvalue weighted by Gasteiger charge is 2.22. The molecule has 0 saturated heterocycles. The Morgan fingerprint density at radius 1 is 1.10 bits per heavy atom. The number of methoxy groups -OCH3 is 2. The van der Waals surface area contributed by atoms with Crippen LogP contribution in [0.1, 0.15) is 28.9 Å². The summed E-state index contributed by atoms with van der Waals surface area (Å²) < 4.78 is 10.7. The zero-order chi connectivity index (χ0) is 14.5. The Kier molecular flexibility index (Phi) is 5.01. The summed E-state index contributed by atoms with van der Waals surface area (Å²) in [6, 6.07) is 11.8. The van der Waals surface area contributed by atoms with Crippen molar-refractivity contribution in [1.29, 1.82) is 0 Å². The van der Waals surface area contributed by atoms with Gasteiger partial charge in [0.15, 0.2) is 0 Å². The van der Waals surface area contributed by atoms with E-state index in [2.05, 4.69) is 27.8 Å². The third kappa shape index (κ3) is 3.12. The smallest absolute Gasteiger partial charge is 0.123 e. The molecule has 0 aliphatic carbocycles. The van der Waals surface area contributed by atoms with E-state index >= 15 is 0 Å². The lowest BCUT2D eigenvalue weighted by molar-refractivity contribution is 0.397. The molecule has 4 heteroatoms. The predicted octanol–water partition coefficient (Wildman–Crippen LogP) is 4.34. The van der Waals surface area contributed by atoms with Crippen LogP contribution in [0, 0.1) is 0 Å². The normalized spacial score (nSPS) is 13.6. The lowest BCUT2D eigenvalue weighted by atomic mass is 9.96. The van der Waals surface area contributed by atoms with Gasteiger partial charge in [0.25, 0.3) is 0 Å². The molecule has 0 aliphatic heterocycles. The minimum absolute atomic E-state index is 0.0995. The number of alkyl halides is 1. The summed E-state index contributed by atoms with van der Waals surface area (Å²) in [5, 5.41) is 0. The van der Waals surface area contributed by atoms with Gasteiger partial charge in [0.05, 0.1) is 19.0 Å². The van der Waals surface area contributed by atoms with E-state index in [-0.39, 0.29) is 10.7 Å². The molecule has 0 radical (unpaired) electrons. The lowest BCUT2D eigenvalue weighted by Gasteiger charge is -2.21. The van der Waals surface area contributed by atoms with Gasteiger partial charge in [0, 0.05) is 23.4 Å². The predicted molar refractivity (Wildman–Crippen MR) is 83.9 cm³/mol. The molecule has 0 N–H and O–H groups in total. The summed E-state index contributed by atoms with van der Waals surface area (Å²) in [5.41, 5.74) is 2.10. The number of hydrogen-bond acceptors (Lipinski definition) is 3. The third-order valence-electron chi connectivity index (χ3n) is 3.33. The SMILES string of the molecule is COc1ccc(OC)c(C(Br)C(C)c2ccccn2)c1. The average molecular weight is 336 g/mol. The van der Waals surface area contributed by atoms with Crippen LogP contribution < -0.4 is 9.47 Å². The topological polar surface area (TPSA) is 31.4 Å². The monoisotopic (exact) mass is 335 g/mol. The molecule has 0 fully saturated rings. The van der Waals surface area contributed by atoms with Gasteiger partial charge in [-0.15, -0.1) is 0 Å². The Bertz CT molecular complexity index is 560. The molecule has 20 heavy (non-hydrogen) atoms. The van der Waals surface area contributed by atoms with Crippen molar-refractivity contribution in [2.75, 3.05) is 14.2 Å². The van der Waals surface area contributed by atoms with Crippen molar-refractivity contribution in [1.82, 2.24) is 4.98 Å². The van der Waals surface area contributed by atoms with E-state index in [9.17, 15) is 0 Å². The molecule has 1 aromatic carbocycles. The van der Waals surface area contributed by atoms with Gasteiger partial charge >= 0.3 is 0 Å². The Hall–Kier alpha value is -1.55. The van der Waals surface area contributed by atoms with Crippen LogP contribution in [0.3, 0.4) is 0 Å². The van der Waals surface area contributed by atoms with Crippen LogP contribution in [-0.4, -0.2) is 19.2 Å². The van der Waals surface area contributed by atoms with Gasteiger partial charge in [-0.25, -0.2) is 0 Å². The second kappa shape index (κ2) is 6.75. The van der Waals surface area contributed by atoms with Gasteiger partial charge in [0.2, 0.25) is 0 Å². The molecular weight excluding hydrogens is 318 g/mol. The maximum Gasteiger partial charge on any atom is 0.123 e. The molecule has 0 aliphatic rings. The van der Waals surface area contributed by atoms with E-state index in [0.717, 1.165) is 22.8 Å². The van der Waals surface area contributed by atoms with Crippen LogP contribution in [0.2, 0.25) is 0 Å². The van der Waals surface area contributed by atoms with Gasteiger partial charge in [-0.1, -0.05) is 28.9 Å². The van der Waals surface area contributed by atoms with Crippen LogP contribution in [-0.2, 0) is 0 Å². The molecular formula is C16H18BrNO2. The molecule has 2 unspecified atom stereocenters. The highest BCUT2D eigenvalue weighted by molar-refractivity contribution is 9.09. The second-order valence-corrected chi connectivity index (χ2v) is 5.54. The van der Waals surface area contributed by atoms with Crippen LogP contribution in [0.15, 0.2) is 42.6 Å². The van der Waals surface area contributed by atoms with E-state index in [4.69, 9.17) is 9.47 Å². The van der Waals surface area contributed by atoms with Crippen molar-refractivity contribution in [3.05, 3.63) is 53.9 Å². The lowest BCUT2D eigenvalue weighted by Crippen LogP contribution is -2.06. The molecule has 2 rings (SSSR count). The van der Waals surface area contributed by atoms with Gasteiger partial charge in [0.1, 0.15) is 11.5 Å². The molecule has 2 aromatic rings. The Labute approximate surface area is 128 Å². The summed E-state index contributed by atoms with van der Waals surface area (Å²) >= 11 is 3.77. The van der Waals surface area contributed by atoms with Crippen LogP contribution >= 0.6 is 15.9 Å². The maximum atomic E-state index is 5.45. The number of aromatic nitrogens is 1. The first-order valence-electron chi connectivity index (χ1n) is 6.44. The standard InChI is InChI=1S/C16H18BrNO2/c1-11(14-6-4-5-9-18-14)16(17)13-10-12(19-2)7-8-15(13)20-3/h4-11,16H,1-3H3.